The lowest BCUT2D eigenvalue weighted by molar-refractivity contribution is 0.409. The first kappa shape index (κ1) is 11.9. The summed E-state index contributed by atoms with van der Waals surface area (Å²) >= 11 is 4.48. The molecule has 0 aromatic heterocycles. The summed E-state index contributed by atoms with van der Waals surface area (Å²) in [7, 11) is 3.31. The minimum Gasteiger partial charge on any atom is -0.496 e. The summed E-state index contributed by atoms with van der Waals surface area (Å²) < 4.78 is 10.7. The zero-order valence-corrected chi connectivity index (χ0v) is 10.7. The normalized spacial score (nSPS) is 10.1. The maximum atomic E-state index is 5.38. The lowest BCUT2D eigenvalue weighted by atomic mass is 10.0. The third-order valence-corrected chi connectivity index (χ3v) is 2.97. The molecule has 2 rings (SSSR count). The average Bonchev–Trinajstić information content (AvgIpc) is 2.38. The molecule has 88 valence electrons. The van der Waals surface area contributed by atoms with Gasteiger partial charge in [-0.05, 0) is 18.2 Å². The molecule has 0 spiro atoms. The van der Waals surface area contributed by atoms with Gasteiger partial charge in [0.05, 0.1) is 14.2 Å². The fourth-order valence-corrected chi connectivity index (χ4v) is 2.13. The van der Waals surface area contributed by atoms with Crippen LogP contribution in [-0.4, -0.2) is 14.2 Å². The average molecular weight is 246 g/mol. The van der Waals surface area contributed by atoms with Crippen LogP contribution < -0.4 is 9.47 Å². The molecule has 0 radical (unpaired) electrons. The van der Waals surface area contributed by atoms with E-state index >= 15 is 0 Å². The molecule has 0 N–H and O–H groups in total. The minimum absolute atomic E-state index is 0.794. The van der Waals surface area contributed by atoms with E-state index in [1.54, 1.807) is 14.2 Å². The Hall–Kier alpha value is -1.61. The Morgan fingerprint density at radius 3 is 2.18 bits per heavy atom. The molecule has 0 atom stereocenters. The molecule has 0 saturated heterocycles. The zero-order valence-electron chi connectivity index (χ0n) is 9.81. The second kappa shape index (κ2) is 5.15. The van der Waals surface area contributed by atoms with Gasteiger partial charge in [-0.15, -0.1) is 12.6 Å². The molecule has 0 bridgehead atoms. The highest BCUT2D eigenvalue weighted by molar-refractivity contribution is 7.80. The number of methoxy groups -OCH3 is 2. The number of rotatable bonds is 3. The van der Waals surface area contributed by atoms with Crippen LogP contribution >= 0.6 is 12.6 Å². The maximum absolute atomic E-state index is 5.38. The zero-order chi connectivity index (χ0) is 12.3. The number of thiol groups is 1. The van der Waals surface area contributed by atoms with Crippen LogP contribution in [0.25, 0.3) is 11.1 Å². The van der Waals surface area contributed by atoms with Gasteiger partial charge in [0.15, 0.2) is 0 Å². The number of benzene rings is 2. The molecule has 0 heterocycles. The second-order valence-electron chi connectivity index (χ2n) is 3.55. The summed E-state index contributed by atoms with van der Waals surface area (Å²) in [5.74, 6) is 1.61. The summed E-state index contributed by atoms with van der Waals surface area (Å²) in [6.45, 7) is 0. The fraction of sp³-hybridized carbons (Fsp3) is 0.143. The molecule has 0 aliphatic heterocycles. The first-order valence-corrected chi connectivity index (χ1v) is 5.72. The highest BCUT2D eigenvalue weighted by Gasteiger charge is 2.13. The van der Waals surface area contributed by atoms with Crippen LogP contribution in [0.5, 0.6) is 11.5 Å². The lowest BCUT2D eigenvalue weighted by Gasteiger charge is -2.14. The van der Waals surface area contributed by atoms with Crippen molar-refractivity contribution in [2.24, 2.45) is 0 Å². The lowest BCUT2D eigenvalue weighted by Crippen LogP contribution is -1.92. The van der Waals surface area contributed by atoms with Gasteiger partial charge in [0.1, 0.15) is 11.5 Å². The number of hydrogen-bond donors (Lipinski definition) is 1. The van der Waals surface area contributed by atoms with E-state index in [4.69, 9.17) is 9.47 Å². The summed E-state index contributed by atoms with van der Waals surface area (Å²) in [5, 5.41) is 0. The van der Waals surface area contributed by atoms with Gasteiger partial charge in [-0.1, -0.05) is 24.3 Å². The van der Waals surface area contributed by atoms with Gasteiger partial charge in [-0.3, -0.25) is 0 Å². The van der Waals surface area contributed by atoms with Gasteiger partial charge < -0.3 is 9.47 Å². The summed E-state index contributed by atoms with van der Waals surface area (Å²) in [4.78, 5) is 0.869. The van der Waals surface area contributed by atoms with Crippen LogP contribution in [0, 0.1) is 0 Å². The van der Waals surface area contributed by atoms with Crippen molar-refractivity contribution in [1.29, 1.82) is 0 Å². The third-order valence-electron chi connectivity index (χ3n) is 2.60. The Labute approximate surface area is 107 Å². The Balaban J connectivity index is 2.67. The van der Waals surface area contributed by atoms with Crippen molar-refractivity contribution in [2.75, 3.05) is 14.2 Å². The van der Waals surface area contributed by atoms with Crippen molar-refractivity contribution in [3.63, 3.8) is 0 Å². The Morgan fingerprint density at radius 2 is 1.47 bits per heavy atom. The van der Waals surface area contributed by atoms with Crippen molar-refractivity contribution in [2.45, 2.75) is 4.90 Å². The van der Waals surface area contributed by atoms with E-state index in [1.165, 1.54) is 0 Å². The molecule has 2 nitrogen and oxygen atoms in total. The molecular weight excluding hydrogens is 232 g/mol. The SMILES string of the molecule is COc1ccccc1-c1c(S)cccc1OC. The van der Waals surface area contributed by atoms with Gasteiger partial charge in [0.2, 0.25) is 0 Å². The second-order valence-corrected chi connectivity index (χ2v) is 4.04. The van der Waals surface area contributed by atoms with Crippen molar-refractivity contribution in [1.82, 2.24) is 0 Å². The molecule has 0 unspecified atom stereocenters. The largest absolute Gasteiger partial charge is 0.496 e. The van der Waals surface area contributed by atoms with Gasteiger partial charge in [-0.2, -0.15) is 0 Å². The van der Waals surface area contributed by atoms with Gasteiger partial charge in [-0.25, -0.2) is 0 Å². The van der Waals surface area contributed by atoms with E-state index in [0.29, 0.717) is 0 Å². The molecule has 0 amide bonds. The van der Waals surface area contributed by atoms with E-state index < -0.39 is 0 Å². The fourth-order valence-electron chi connectivity index (χ4n) is 1.81. The molecule has 0 saturated carbocycles. The van der Waals surface area contributed by atoms with Crippen LogP contribution in [-0.2, 0) is 0 Å². The standard InChI is InChI=1S/C14H14O2S/c1-15-11-7-4-3-6-10(11)14-12(16-2)8-5-9-13(14)17/h3-9,17H,1-2H3. The van der Waals surface area contributed by atoms with E-state index in [9.17, 15) is 0 Å². The van der Waals surface area contributed by atoms with E-state index in [0.717, 1.165) is 27.5 Å². The molecule has 2 aromatic rings. The Bertz CT molecular complexity index is 523. The number of hydrogen-bond acceptors (Lipinski definition) is 3. The minimum atomic E-state index is 0.794. The van der Waals surface area contributed by atoms with E-state index in [1.807, 2.05) is 42.5 Å². The maximum Gasteiger partial charge on any atom is 0.127 e. The van der Waals surface area contributed by atoms with Crippen molar-refractivity contribution < 1.29 is 9.47 Å². The highest BCUT2D eigenvalue weighted by atomic mass is 32.1. The quantitative estimate of drug-likeness (QED) is 0.833. The predicted octanol–water partition coefficient (Wildman–Crippen LogP) is 3.66. The molecule has 3 heteroatoms. The van der Waals surface area contributed by atoms with Crippen LogP contribution in [0.15, 0.2) is 47.4 Å². The van der Waals surface area contributed by atoms with Crippen molar-refractivity contribution in [3.05, 3.63) is 42.5 Å². The first-order chi connectivity index (χ1) is 8.27. The van der Waals surface area contributed by atoms with Crippen LogP contribution in [0.4, 0.5) is 0 Å². The summed E-state index contributed by atoms with van der Waals surface area (Å²) in [6.07, 6.45) is 0. The van der Waals surface area contributed by atoms with Gasteiger partial charge >= 0.3 is 0 Å². The van der Waals surface area contributed by atoms with Crippen LogP contribution in [0.2, 0.25) is 0 Å². The monoisotopic (exact) mass is 246 g/mol. The van der Waals surface area contributed by atoms with E-state index in [2.05, 4.69) is 12.6 Å². The Kier molecular flexibility index (Phi) is 3.59. The Morgan fingerprint density at radius 1 is 0.824 bits per heavy atom. The first-order valence-electron chi connectivity index (χ1n) is 5.27. The predicted molar refractivity (Wildman–Crippen MR) is 72.2 cm³/mol. The topological polar surface area (TPSA) is 18.5 Å². The molecular formula is C14H14O2S. The smallest absolute Gasteiger partial charge is 0.127 e. The highest BCUT2D eigenvalue weighted by Crippen LogP contribution is 2.39. The van der Waals surface area contributed by atoms with Gasteiger partial charge in [0, 0.05) is 16.0 Å². The van der Waals surface area contributed by atoms with Crippen molar-refractivity contribution >= 4 is 12.6 Å². The molecule has 0 aliphatic carbocycles. The van der Waals surface area contributed by atoms with Crippen LogP contribution in [0.1, 0.15) is 0 Å². The third kappa shape index (κ3) is 2.24. The van der Waals surface area contributed by atoms with Crippen LogP contribution in [0.3, 0.4) is 0 Å². The molecule has 2 aromatic carbocycles. The number of ether oxygens (including phenoxy) is 2. The van der Waals surface area contributed by atoms with Gasteiger partial charge in [0.25, 0.3) is 0 Å². The summed E-state index contributed by atoms with van der Waals surface area (Å²) in [5.41, 5.74) is 1.94. The molecule has 0 fully saturated rings. The van der Waals surface area contributed by atoms with E-state index in [-0.39, 0.29) is 0 Å². The summed E-state index contributed by atoms with van der Waals surface area (Å²) in [6, 6.07) is 13.6. The van der Waals surface area contributed by atoms with Crippen molar-refractivity contribution in [3.8, 4) is 22.6 Å². The number of para-hydroxylation sites is 1. The molecule has 0 aliphatic rings. The molecule has 17 heavy (non-hydrogen) atoms.